The molecule has 6 heteroatoms. The Hall–Kier alpha value is -3.41. The molecule has 0 fully saturated rings. The summed E-state index contributed by atoms with van der Waals surface area (Å²) in [7, 11) is 0. The number of benzene rings is 1. The average Bonchev–Trinajstić information content (AvgIpc) is 3.35. The van der Waals surface area contributed by atoms with E-state index in [1.54, 1.807) is 12.5 Å². The number of aryl methyl sites for hydroxylation is 3. The number of aromatic nitrogens is 4. The number of hydrogen-bond donors (Lipinski definition) is 0. The number of anilines is 2. The van der Waals surface area contributed by atoms with E-state index in [1.807, 2.05) is 37.7 Å². The molecule has 0 unspecified atom stereocenters. The molecule has 0 aliphatic carbocycles. The van der Waals surface area contributed by atoms with Crippen LogP contribution in [0.1, 0.15) is 24.1 Å². The van der Waals surface area contributed by atoms with Crippen LogP contribution in [0.4, 0.5) is 11.4 Å². The van der Waals surface area contributed by atoms with E-state index in [1.165, 1.54) is 0 Å². The summed E-state index contributed by atoms with van der Waals surface area (Å²) in [6, 6.07) is 10.6. The lowest BCUT2D eigenvalue weighted by Gasteiger charge is -2.25. The minimum Gasteiger partial charge on any atom is -0.361 e. The highest BCUT2D eigenvalue weighted by Gasteiger charge is 2.17. The normalized spacial score (nSPS) is 11.0. The molecule has 28 heavy (non-hydrogen) atoms. The summed E-state index contributed by atoms with van der Waals surface area (Å²) < 4.78 is 7.33. The van der Waals surface area contributed by atoms with Crippen molar-refractivity contribution < 1.29 is 4.52 Å². The van der Waals surface area contributed by atoms with Crippen LogP contribution in [0.3, 0.4) is 0 Å². The lowest BCUT2D eigenvalue weighted by molar-refractivity contribution is 0.393. The van der Waals surface area contributed by atoms with Crippen LogP contribution in [0.15, 0.2) is 59.8 Å². The van der Waals surface area contributed by atoms with E-state index in [2.05, 4.69) is 57.3 Å². The molecule has 0 saturated carbocycles. The summed E-state index contributed by atoms with van der Waals surface area (Å²) in [4.78, 5) is 11.0. The third-order valence-corrected chi connectivity index (χ3v) is 4.95. The quantitative estimate of drug-likeness (QED) is 0.492. The lowest BCUT2D eigenvalue weighted by atomic mass is 10.0. The second-order valence-corrected chi connectivity index (χ2v) is 6.76. The van der Waals surface area contributed by atoms with Crippen LogP contribution in [0.25, 0.3) is 16.8 Å². The highest BCUT2D eigenvalue weighted by Crippen LogP contribution is 2.33. The monoisotopic (exact) mass is 373 g/mol. The van der Waals surface area contributed by atoms with E-state index >= 15 is 0 Å². The van der Waals surface area contributed by atoms with Crippen molar-refractivity contribution in [2.75, 3.05) is 11.4 Å². The third-order valence-electron chi connectivity index (χ3n) is 4.95. The first-order valence-corrected chi connectivity index (χ1v) is 9.34. The molecule has 0 saturated heterocycles. The summed E-state index contributed by atoms with van der Waals surface area (Å²) in [5, 5.41) is 4.08. The number of hydrogen-bond acceptors (Lipinski definition) is 5. The van der Waals surface area contributed by atoms with Crippen LogP contribution in [-0.4, -0.2) is 26.2 Å². The minimum atomic E-state index is 0.807. The fourth-order valence-electron chi connectivity index (χ4n) is 3.54. The van der Waals surface area contributed by atoms with E-state index in [-0.39, 0.29) is 0 Å². The fourth-order valence-corrected chi connectivity index (χ4v) is 3.54. The predicted octanol–water partition coefficient (Wildman–Crippen LogP) is 5.01. The molecule has 6 nitrogen and oxygen atoms in total. The van der Waals surface area contributed by atoms with Crippen molar-refractivity contribution in [1.82, 2.24) is 19.7 Å². The summed E-state index contributed by atoms with van der Waals surface area (Å²) in [5.74, 6) is 0.807. The van der Waals surface area contributed by atoms with Gasteiger partial charge in [-0.1, -0.05) is 5.16 Å². The molecule has 1 aromatic carbocycles. The molecule has 0 bridgehead atoms. The maximum Gasteiger partial charge on any atom is 0.141 e. The van der Waals surface area contributed by atoms with Gasteiger partial charge in [-0.05, 0) is 58.0 Å². The molecule has 4 rings (SSSR count). The van der Waals surface area contributed by atoms with Crippen LogP contribution in [0.5, 0.6) is 0 Å². The van der Waals surface area contributed by atoms with Crippen molar-refractivity contribution in [2.24, 2.45) is 0 Å². The highest BCUT2D eigenvalue weighted by molar-refractivity contribution is 5.75. The average molecular weight is 373 g/mol. The fraction of sp³-hybridized carbons (Fsp3) is 0.227. The molecule has 0 N–H and O–H groups in total. The minimum absolute atomic E-state index is 0.807. The molecule has 4 aromatic rings. The second-order valence-electron chi connectivity index (χ2n) is 6.76. The van der Waals surface area contributed by atoms with Gasteiger partial charge in [0.05, 0.1) is 23.4 Å². The van der Waals surface area contributed by atoms with Gasteiger partial charge < -0.3 is 14.0 Å². The Morgan fingerprint density at radius 2 is 1.86 bits per heavy atom. The first-order chi connectivity index (χ1) is 13.6. The predicted molar refractivity (Wildman–Crippen MR) is 110 cm³/mol. The Balaban J connectivity index is 1.73. The first-order valence-electron chi connectivity index (χ1n) is 9.34. The Morgan fingerprint density at radius 3 is 2.46 bits per heavy atom. The van der Waals surface area contributed by atoms with Gasteiger partial charge in [-0.3, -0.25) is 4.98 Å². The standard InChI is InChI=1S/C22H23N5O/c1-5-27(20-8-6-19(7-9-20)26-11-10-23-14-26)21-12-18(13-24-15(21)2)22-16(3)25-28-17(22)4/h6-14H,5H2,1-4H3. The third kappa shape index (κ3) is 3.17. The largest absolute Gasteiger partial charge is 0.361 e. The molecular weight excluding hydrogens is 350 g/mol. The number of imidazole rings is 1. The number of rotatable bonds is 5. The van der Waals surface area contributed by atoms with Crippen LogP contribution >= 0.6 is 0 Å². The molecule has 0 spiro atoms. The van der Waals surface area contributed by atoms with Crippen LogP contribution < -0.4 is 4.90 Å². The summed E-state index contributed by atoms with van der Waals surface area (Å²) in [5.41, 5.74) is 7.17. The molecule has 142 valence electrons. The first kappa shape index (κ1) is 18.0. The van der Waals surface area contributed by atoms with Crippen molar-refractivity contribution in [3.8, 4) is 16.8 Å². The number of nitrogens with zero attached hydrogens (tertiary/aromatic N) is 5. The van der Waals surface area contributed by atoms with Crippen molar-refractivity contribution in [3.63, 3.8) is 0 Å². The summed E-state index contributed by atoms with van der Waals surface area (Å²) in [6.45, 7) is 8.90. The lowest BCUT2D eigenvalue weighted by Crippen LogP contribution is -2.17. The van der Waals surface area contributed by atoms with Crippen molar-refractivity contribution in [1.29, 1.82) is 0 Å². The van der Waals surface area contributed by atoms with Crippen molar-refractivity contribution in [2.45, 2.75) is 27.7 Å². The van der Waals surface area contributed by atoms with Gasteiger partial charge in [0.1, 0.15) is 5.76 Å². The zero-order valence-electron chi connectivity index (χ0n) is 16.5. The van der Waals surface area contributed by atoms with Gasteiger partial charge in [0, 0.05) is 47.6 Å². The zero-order valence-corrected chi connectivity index (χ0v) is 16.5. The molecule has 3 aromatic heterocycles. The molecule has 3 heterocycles. The molecule has 0 aliphatic rings. The Labute approximate surface area is 164 Å². The van der Waals surface area contributed by atoms with Crippen LogP contribution in [0, 0.1) is 20.8 Å². The van der Waals surface area contributed by atoms with Crippen LogP contribution in [-0.2, 0) is 0 Å². The zero-order chi connectivity index (χ0) is 19.7. The second kappa shape index (κ2) is 7.31. The van der Waals surface area contributed by atoms with E-state index in [0.717, 1.165) is 51.9 Å². The Kier molecular flexibility index (Phi) is 4.69. The van der Waals surface area contributed by atoms with E-state index in [9.17, 15) is 0 Å². The molecule has 0 radical (unpaired) electrons. The van der Waals surface area contributed by atoms with Gasteiger partial charge in [0.2, 0.25) is 0 Å². The van der Waals surface area contributed by atoms with E-state index in [0.29, 0.717) is 0 Å². The molecule has 0 atom stereocenters. The SMILES string of the molecule is CCN(c1ccc(-n2ccnc2)cc1)c1cc(-c2c(C)noc2C)cnc1C. The van der Waals surface area contributed by atoms with Gasteiger partial charge in [0.15, 0.2) is 0 Å². The topological polar surface area (TPSA) is 60.0 Å². The Bertz CT molecular complexity index is 1060. The summed E-state index contributed by atoms with van der Waals surface area (Å²) in [6.07, 6.45) is 7.41. The van der Waals surface area contributed by atoms with Crippen molar-refractivity contribution >= 4 is 11.4 Å². The Morgan fingerprint density at radius 1 is 1.07 bits per heavy atom. The van der Waals surface area contributed by atoms with E-state index < -0.39 is 0 Å². The molecule has 0 amide bonds. The summed E-state index contributed by atoms with van der Waals surface area (Å²) >= 11 is 0. The highest BCUT2D eigenvalue weighted by atomic mass is 16.5. The van der Waals surface area contributed by atoms with Gasteiger partial charge in [0.25, 0.3) is 0 Å². The van der Waals surface area contributed by atoms with Crippen molar-refractivity contribution in [3.05, 3.63) is 72.4 Å². The van der Waals surface area contributed by atoms with Gasteiger partial charge >= 0.3 is 0 Å². The van der Waals surface area contributed by atoms with Gasteiger partial charge in [-0.25, -0.2) is 4.98 Å². The van der Waals surface area contributed by atoms with Gasteiger partial charge in [-0.15, -0.1) is 0 Å². The molecular formula is C22H23N5O. The maximum absolute atomic E-state index is 5.34. The number of pyridine rings is 1. The van der Waals surface area contributed by atoms with E-state index in [4.69, 9.17) is 4.52 Å². The maximum atomic E-state index is 5.34. The van der Waals surface area contributed by atoms with Gasteiger partial charge in [-0.2, -0.15) is 0 Å². The smallest absolute Gasteiger partial charge is 0.141 e. The molecule has 0 aliphatic heterocycles. The van der Waals surface area contributed by atoms with Crippen LogP contribution in [0.2, 0.25) is 0 Å².